The molecule has 1 amide bonds. The third kappa shape index (κ3) is 2.51. The zero-order valence-corrected chi connectivity index (χ0v) is 8.99. The molecule has 4 heteroatoms. The van der Waals surface area contributed by atoms with Crippen LogP contribution in [0.5, 0.6) is 5.75 Å². The van der Waals surface area contributed by atoms with Crippen LogP contribution in [0.3, 0.4) is 0 Å². The van der Waals surface area contributed by atoms with Crippen molar-refractivity contribution in [1.29, 1.82) is 0 Å². The van der Waals surface area contributed by atoms with E-state index in [1.807, 2.05) is 0 Å². The number of halogens is 1. The Bertz CT molecular complexity index is 375. The number of carbonyl (C=O) groups excluding carboxylic acids is 1. The Labute approximate surface area is 93.8 Å². The van der Waals surface area contributed by atoms with Crippen molar-refractivity contribution in [1.82, 2.24) is 4.90 Å². The van der Waals surface area contributed by atoms with Crippen LogP contribution in [-0.2, 0) is 0 Å². The van der Waals surface area contributed by atoms with Crippen LogP contribution in [0.1, 0.15) is 19.3 Å². The Kier molecular flexibility index (Phi) is 3.39. The molecule has 0 saturated carbocycles. The standard InChI is InChI=1S/C12H14FNO2/c13-10-6-2-3-7-11(10)16-12(15)14-8-4-1-5-9-14/h2-3,6-7H,1,4-5,8-9H2. The lowest BCUT2D eigenvalue weighted by atomic mass is 10.1. The minimum atomic E-state index is -0.507. The smallest absolute Gasteiger partial charge is 0.407 e. The molecular formula is C12H14FNO2. The number of likely N-dealkylation sites (tertiary alicyclic amines) is 1. The number of nitrogens with zero attached hydrogens (tertiary/aromatic N) is 1. The van der Waals surface area contributed by atoms with Gasteiger partial charge in [0, 0.05) is 13.1 Å². The van der Waals surface area contributed by atoms with Gasteiger partial charge in [-0.3, -0.25) is 0 Å². The molecule has 1 fully saturated rings. The molecule has 1 heterocycles. The number of piperidine rings is 1. The van der Waals surface area contributed by atoms with Crippen LogP contribution in [0, 0.1) is 5.82 Å². The van der Waals surface area contributed by atoms with Crippen molar-refractivity contribution in [3.8, 4) is 5.75 Å². The van der Waals surface area contributed by atoms with Gasteiger partial charge < -0.3 is 9.64 Å². The minimum Gasteiger partial charge on any atom is -0.407 e. The summed E-state index contributed by atoms with van der Waals surface area (Å²) < 4.78 is 18.2. The molecule has 3 nitrogen and oxygen atoms in total. The second kappa shape index (κ2) is 4.96. The lowest BCUT2D eigenvalue weighted by Crippen LogP contribution is -2.37. The van der Waals surface area contributed by atoms with Crippen molar-refractivity contribution >= 4 is 6.09 Å². The van der Waals surface area contributed by atoms with Crippen LogP contribution < -0.4 is 4.74 Å². The molecule has 0 radical (unpaired) electrons. The fourth-order valence-electron chi connectivity index (χ4n) is 1.76. The Morgan fingerprint density at radius 2 is 1.88 bits per heavy atom. The van der Waals surface area contributed by atoms with Gasteiger partial charge in [-0.25, -0.2) is 9.18 Å². The Morgan fingerprint density at radius 3 is 2.56 bits per heavy atom. The predicted molar refractivity (Wildman–Crippen MR) is 57.8 cm³/mol. The van der Waals surface area contributed by atoms with Crippen molar-refractivity contribution in [2.75, 3.05) is 13.1 Å². The third-order valence-corrected chi connectivity index (χ3v) is 2.65. The Hall–Kier alpha value is -1.58. The lowest BCUT2D eigenvalue weighted by Gasteiger charge is -2.25. The Balaban J connectivity index is 1.99. The molecule has 2 rings (SSSR count). The predicted octanol–water partition coefficient (Wildman–Crippen LogP) is 2.81. The fourth-order valence-corrected chi connectivity index (χ4v) is 1.76. The number of hydrogen-bond donors (Lipinski definition) is 0. The molecule has 1 aromatic carbocycles. The van der Waals surface area contributed by atoms with Gasteiger partial charge in [0.15, 0.2) is 11.6 Å². The van der Waals surface area contributed by atoms with E-state index in [1.165, 1.54) is 12.1 Å². The molecule has 1 aliphatic heterocycles. The third-order valence-electron chi connectivity index (χ3n) is 2.65. The summed E-state index contributed by atoms with van der Waals surface area (Å²) in [6.07, 6.45) is 2.67. The van der Waals surface area contributed by atoms with Crippen molar-refractivity contribution in [2.45, 2.75) is 19.3 Å². The first-order valence-corrected chi connectivity index (χ1v) is 5.48. The molecule has 0 aromatic heterocycles. The average molecular weight is 223 g/mol. The number of rotatable bonds is 1. The van der Waals surface area contributed by atoms with Gasteiger partial charge in [-0.1, -0.05) is 12.1 Å². The monoisotopic (exact) mass is 223 g/mol. The number of hydrogen-bond acceptors (Lipinski definition) is 2. The van der Waals surface area contributed by atoms with Crippen LogP contribution in [0.15, 0.2) is 24.3 Å². The SMILES string of the molecule is O=C(Oc1ccccc1F)N1CCCCC1. The van der Waals surface area contributed by atoms with Crippen molar-refractivity contribution in [3.63, 3.8) is 0 Å². The number of para-hydroxylation sites is 1. The molecule has 0 aliphatic carbocycles. The number of ether oxygens (including phenoxy) is 1. The highest BCUT2D eigenvalue weighted by atomic mass is 19.1. The summed E-state index contributed by atoms with van der Waals surface area (Å²) in [5.74, 6) is -0.508. The van der Waals surface area contributed by atoms with Gasteiger partial charge in [0.1, 0.15) is 0 Å². The van der Waals surface area contributed by atoms with Crippen LogP contribution >= 0.6 is 0 Å². The highest BCUT2D eigenvalue weighted by Gasteiger charge is 2.19. The molecule has 1 aromatic rings. The van der Waals surface area contributed by atoms with Gasteiger partial charge >= 0.3 is 6.09 Å². The van der Waals surface area contributed by atoms with Crippen molar-refractivity contribution in [3.05, 3.63) is 30.1 Å². The minimum absolute atomic E-state index is 0.00178. The molecule has 1 aliphatic rings. The van der Waals surface area contributed by atoms with E-state index in [9.17, 15) is 9.18 Å². The van der Waals surface area contributed by atoms with Crippen LogP contribution in [0.2, 0.25) is 0 Å². The van der Waals surface area contributed by atoms with Crippen LogP contribution in [0.25, 0.3) is 0 Å². The second-order valence-electron chi connectivity index (χ2n) is 3.85. The summed E-state index contributed by atoms with van der Waals surface area (Å²) >= 11 is 0. The first-order valence-electron chi connectivity index (χ1n) is 5.48. The molecule has 0 unspecified atom stereocenters. The van der Waals surface area contributed by atoms with E-state index < -0.39 is 11.9 Å². The van der Waals surface area contributed by atoms with Crippen molar-refractivity contribution in [2.24, 2.45) is 0 Å². The normalized spacial score (nSPS) is 15.9. The molecule has 16 heavy (non-hydrogen) atoms. The van der Waals surface area contributed by atoms with Gasteiger partial charge in [0.2, 0.25) is 0 Å². The Morgan fingerprint density at radius 1 is 1.19 bits per heavy atom. The van der Waals surface area contributed by atoms with Gasteiger partial charge in [-0.2, -0.15) is 0 Å². The molecule has 0 atom stereocenters. The van der Waals surface area contributed by atoms with Crippen LogP contribution in [-0.4, -0.2) is 24.1 Å². The van der Waals surface area contributed by atoms with E-state index in [1.54, 1.807) is 17.0 Å². The van der Waals surface area contributed by atoms with Gasteiger partial charge in [0.05, 0.1) is 0 Å². The summed E-state index contributed by atoms with van der Waals surface area (Å²) in [6.45, 7) is 1.40. The first-order chi connectivity index (χ1) is 7.77. The zero-order chi connectivity index (χ0) is 11.4. The van der Waals surface area contributed by atoms with E-state index in [0.717, 1.165) is 19.3 Å². The van der Waals surface area contributed by atoms with Gasteiger partial charge in [0.25, 0.3) is 0 Å². The molecule has 1 saturated heterocycles. The van der Waals surface area contributed by atoms with E-state index in [-0.39, 0.29) is 5.75 Å². The number of carbonyl (C=O) groups is 1. The fraction of sp³-hybridized carbons (Fsp3) is 0.417. The largest absolute Gasteiger partial charge is 0.415 e. The van der Waals surface area contributed by atoms with E-state index in [0.29, 0.717) is 13.1 Å². The molecule has 0 N–H and O–H groups in total. The topological polar surface area (TPSA) is 29.5 Å². The highest BCUT2D eigenvalue weighted by molar-refractivity contribution is 5.70. The summed E-state index contributed by atoms with van der Waals surface area (Å²) in [5.41, 5.74) is 0. The maximum atomic E-state index is 13.2. The first kappa shape index (κ1) is 10.9. The lowest BCUT2D eigenvalue weighted by molar-refractivity contribution is 0.141. The van der Waals surface area contributed by atoms with Crippen LogP contribution in [0.4, 0.5) is 9.18 Å². The summed E-state index contributed by atoms with van der Waals surface area (Å²) in [4.78, 5) is 13.3. The summed E-state index contributed by atoms with van der Waals surface area (Å²) in [6, 6.07) is 5.94. The maximum absolute atomic E-state index is 13.2. The molecule has 0 spiro atoms. The molecule has 86 valence electrons. The number of benzene rings is 1. The van der Waals surface area contributed by atoms with Crippen molar-refractivity contribution < 1.29 is 13.9 Å². The highest BCUT2D eigenvalue weighted by Crippen LogP contribution is 2.17. The molecular weight excluding hydrogens is 209 g/mol. The maximum Gasteiger partial charge on any atom is 0.415 e. The summed E-state index contributed by atoms with van der Waals surface area (Å²) in [5, 5.41) is 0. The zero-order valence-electron chi connectivity index (χ0n) is 8.99. The average Bonchev–Trinajstić information content (AvgIpc) is 2.33. The van der Waals surface area contributed by atoms with E-state index in [2.05, 4.69) is 0 Å². The van der Waals surface area contributed by atoms with Gasteiger partial charge in [-0.05, 0) is 31.4 Å². The molecule has 0 bridgehead atoms. The second-order valence-corrected chi connectivity index (χ2v) is 3.85. The number of amides is 1. The van der Waals surface area contributed by atoms with Gasteiger partial charge in [-0.15, -0.1) is 0 Å². The quantitative estimate of drug-likeness (QED) is 0.732. The van der Waals surface area contributed by atoms with E-state index >= 15 is 0 Å². The summed E-state index contributed by atoms with van der Waals surface area (Å²) in [7, 11) is 0. The van der Waals surface area contributed by atoms with E-state index in [4.69, 9.17) is 4.74 Å².